The molecule has 1 aliphatic rings. The molecular weight excluding hydrogens is 358 g/mol. The second-order valence-electron chi connectivity index (χ2n) is 3.93. The van der Waals surface area contributed by atoms with E-state index in [0.29, 0.717) is 10.0 Å². The Kier molecular flexibility index (Phi) is 3.73. The molecule has 0 unspecified atom stereocenters. The maximum Gasteiger partial charge on any atom is 0.273 e. The van der Waals surface area contributed by atoms with Crippen molar-refractivity contribution in [3.8, 4) is 0 Å². The van der Waals surface area contributed by atoms with Crippen LogP contribution in [0, 0.1) is 5.41 Å². The van der Waals surface area contributed by atoms with Crippen molar-refractivity contribution in [3.63, 3.8) is 0 Å². The van der Waals surface area contributed by atoms with E-state index in [0.717, 1.165) is 21.8 Å². The van der Waals surface area contributed by atoms with E-state index in [2.05, 4.69) is 20.9 Å². The van der Waals surface area contributed by atoms with Crippen molar-refractivity contribution in [1.29, 1.82) is 5.41 Å². The number of hydrogen-bond acceptors (Lipinski definition) is 5. The van der Waals surface area contributed by atoms with Crippen LogP contribution >= 0.6 is 39.0 Å². The average Bonchev–Trinajstić information content (AvgIpc) is 2.99. The molecule has 100 valence electrons. The van der Waals surface area contributed by atoms with Gasteiger partial charge in [0, 0.05) is 16.0 Å². The van der Waals surface area contributed by atoms with E-state index in [9.17, 15) is 4.79 Å². The Morgan fingerprint density at radius 3 is 2.95 bits per heavy atom. The van der Waals surface area contributed by atoms with Gasteiger partial charge in [-0.2, -0.15) is 0 Å². The molecule has 1 N–H and O–H groups in total. The summed E-state index contributed by atoms with van der Waals surface area (Å²) in [5.74, 6) is -0.199. The van der Waals surface area contributed by atoms with E-state index in [1.54, 1.807) is 17.7 Å². The smallest absolute Gasteiger partial charge is 0.273 e. The minimum Gasteiger partial charge on any atom is -0.278 e. The van der Waals surface area contributed by atoms with Crippen molar-refractivity contribution in [2.45, 2.75) is 0 Å². The van der Waals surface area contributed by atoms with Gasteiger partial charge in [-0.1, -0.05) is 28.1 Å². The first kappa shape index (κ1) is 13.5. The molecule has 1 aromatic carbocycles. The lowest BCUT2D eigenvalue weighted by atomic mass is 10.2. The van der Waals surface area contributed by atoms with Crippen LogP contribution in [0.2, 0.25) is 0 Å². The van der Waals surface area contributed by atoms with E-state index in [4.69, 9.17) is 5.41 Å². The highest BCUT2D eigenvalue weighted by atomic mass is 79.9. The third-order valence-electron chi connectivity index (χ3n) is 2.58. The number of nitrogens with one attached hydrogen (secondary N) is 1. The lowest BCUT2D eigenvalue weighted by Crippen LogP contribution is -2.27. The Labute approximate surface area is 132 Å². The van der Waals surface area contributed by atoms with E-state index in [-0.39, 0.29) is 11.1 Å². The van der Waals surface area contributed by atoms with Gasteiger partial charge in [0.15, 0.2) is 10.3 Å². The van der Waals surface area contributed by atoms with Gasteiger partial charge in [0.2, 0.25) is 0 Å². The van der Waals surface area contributed by atoms with Crippen molar-refractivity contribution in [2.24, 2.45) is 0 Å². The molecule has 1 aromatic heterocycles. The Bertz CT molecular complexity index is 712. The quantitative estimate of drug-likeness (QED) is 0.819. The molecular formula is C13H8BrN3OS2. The third-order valence-corrected chi connectivity index (χ3v) is 4.72. The fourth-order valence-electron chi connectivity index (χ4n) is 1.73. The van der Waals surface area contributed by atoms with Crippen LogP contribution in [-0.2, 0) is 4.79 Å². The molecule has 7 heteroatoms. The lowest BCUT2D eigenvalue weighted by molar-refractivity contribution is -0.113. The van der Waals surface area contributed by atoms with Crippen molar-refractivity contribution in [2.75, 3.05) is 4.90 Å². The normalized spacial score (nSPS) is 17.2. The number of carbonyl (C=O) groups is 1. The Hall–Kier alpha value is -1.44. The molecule has 0 aliphatic carbocycles. The summed E-state index contributed by atoms with van der Waals surface area (Å²) < 4.78 is 0.953. The highest BCUT2D eigenvalue weighted by Crippen LogP contribution is 2.35. The number of amidine groups is 1. The SMILES string of the molecule is N=C1S/C(=C\c2cccc(Br)c2)C(=O)N1c1nccs1. The van der Waals surface area contributed by atoms with Gasteiger partial charge in [-0.3, -0.25) is 10.2 Å². The molecule has 4 nitrogen and oxygen atoms in total. The second-order valence-corrected chi connectivity index (χ2v) is 6.75. The Morgan fingerprint density at radius 1 is 1.40 bits per heavy atom. The van der Waals surface area contributed by atoms with Gasteiger partial charge in [-0.25, -0.2) is 9.88 Å². The van der Waals surface area contributed by atoms with Gasteiger partial charge < -0.3 is 0 Å². The number of anilines is 1. The number of nitrogens with zero attached hydrogens (tertiary/aromatic N) is 2. The fraction of sp³-hybridized carbons (Fsp3) is 0. The zero-order chi connectivity index (χ0) is 14.1. The summed E-state index contributed by atoms with van der Waals surface area (Å²) in [7, 11) is 0. The summed E-state index contributed by atoms with van der Waals surface area (Å²) in [6.45, 7) is 0. The van der Waals surface area contributed by atoms with Gasteiger partial charge in [-0.15, -0.1) is 11.3 Å². The summed E-state index contributed by atoms with van der Waals surface area (Å²) in [5.41, 5.74) is 0.920. The molecule has 0 saturated carbocycles. The van der Waals surface area contributed by atoms with E-state index in [1.165, 1.54) is 16.2 Å². The molecule has 1 amide bonds. The van der Waals surface area contributed by atoms with Gasteiger partial charge >= 0.3 is 0 Å². The monoisotopic (exact) mass is 365 g/mol. The van der Waals surface area contributed by atoms with Crippen molar-refractivity contribution < 1.29 is 4.79 Å². The summed E-state index contributed by atoms with van der Waals surface area (Å²) in [4.78, 5) is 18.3. The molecule has 0 atom stereocenters. The van der Waals surface area contributed by atoms with Crippen molar-refractivity contribution in [1.82, 2.24) is 4.98 Å². The van der Waals surface area contributed by atoms with Crippen LogP contribution in [0.25, 0.3) is 6.08 Å². The molecule has 1 fully saturated rings. The summed E-state index contributed by atoms with van der Waals surface area (Å²) in [5, 5.41) is 10.4. The van der Waals surface area contributed by atoms with Crippen LogP contribution < -0.4 is 4.90 Å². The number of hydrogen-bond donors (Lipinski definition) is 1. The molecule has 1 aliphatic heterocycles. The second kappa shape index (κ2) is 5.51. The summed E-state index contributed by atoms with van der Waals surface area (Å²) in [6, 6.07) is 7.68. The maximum absolute atomic E-state index is 12.4. The Morgan fingerprint density at radius 2 is 2.25 bits per heavy atom. The molecule has 0 radical (unpaired) electrons. The maximum atomic E-state index is 12.4. The summed E-state index contributed by atoms with van der Waals surface area (Å²) >= 11 is 5.90. The van der Waals surface area contributed by atoms with Crippen LogP contribution in [0.4, 0.5) is 5.13 Å². The number of amides is 1. The molecule has 2 heterocycles. The van der Waals surface area contributed by atoms with Crippen LogP contribution in [-0.4, -0.2) is 16.1 Å². The van der Waals surface area contributed by atoms with Crippen LogP contribution in [0.3, 0.4) is 0 Å². The first-order valence-corrected chi connectivity index (χ1v) is 8.12. The predicted octanol–water partition coefficient (Wildman–Crippen LogP) is 3.96. The van der Waals surface area contributed by atoms with Crippen molar-refractivity contribution >= 4 is 61.3 Å². The summed E-state index contributed by atoms with van der Waals surface area (Å²) in [6.07, 6.45) is 3.42. The topological polar surface area (TPSA) is 57.1 Å². The van der Waals surface area contributed by atoms with Crippen LogP contribution in [0.15, 0.2) is 45.2 Å². The highest BCUT2D eigenvalue weighted by molar-refractivity contribution is 9.10. The minimum atomic E-state index is -0.199. The molecule has 1 saturated heterocycles. The number of rotatable bonds is 2. The lowest BCUT2D eigenvalue weighted by Gasteiger charge is -2.08. The number of thioether (sulfide) groups is 1. The standard InChI is InChI=1S/C13H8BrN3OS2/c14-9-3-1-2-8(6-9)7-10-11(18)17(12(15)20-10)13-16-4-5-19-13/h1-7,15H/b10-7-,15-12?. The van der Waals surface area contributed by atoms with Gasteiger partial charge in [0.05, 0.1) is 4.91 Å². The van der Waals surface area contributed by atoms with E-state index < -0.39 is 0 Å². The largest absolute Gasteiger partial charge is 0.278 e. The number of benzene rings is 1. The molecule has 3 rings (SSSR count). The molecule has 0 spiro atoms. The zero-order valence-corrected chi connectivity index (χ0v) is 13.3. The number of carbonyl (C=O) groups excluding carboxylic acids is 1. The number of aromatic nitrogens is 1. The van der Waals surface area contributed by atoms with E-state index in [1.807, 2.05) is 24.3 Å². The predicted molar refractivity (Wildman–Crippen MR) is 87.0 cm³/mol. The average molecular weight is 366 g/mol. The number of thiazole rings is 1. The molecule has 20 heavy (non-hydrogen) atoms. The van der Waals surface area contributed by atoms with E-state index >= 15 is 0 Å². The van der Waals surface area contributed by atoms with Crippen molar-refractivity contribution in [3.05, 3.63) is 50.8 Å². The van der Waals surface area contributed by atoms with Crippen LogP contribution in [0.5, 0.6) is 0 Å². The fourth-order valence-corrected chi connectivity index (χ4v) is 3.70. The van der Waals surface area contributed by atoms with Gasteiger partial charge in [0.25, 0.3) is 5.91 Å². The third kappa shape index (κ3) is 2.56. The van der Waals surface area contributed by atoms with Gasteiger partial charge in [0.1, 0.15) is 0 Å². The van der Waals surface area contributed by atoms with Crippen LogP contribution in [0.1, 0.15) is 5.56 Å². The first-order chi connectivity index (χ1) is 9.65. The zero-order valence-electron chi connectivity index (χ0n) is 10.0. The molecule has 0 bridgehead atoms. The van der Waals surface area contributed by atoms with Gasteiger partial charge in [-0.05, 0) is 35.5 Å². The number of halogens is 1. The Balaban J connectivity index is 1.94. The first-order valence-electron chi connectivity index (χ1n) is 5.63. The highest BCUT2D eigenvalue weighted by Gasteiger charge is 2.34. The molecule has 2 aromatic rings. The minimum absolute atomic E-state index is 0.186.